The Morgan fingerprint density at radius 2 is 1.93 bits per heavy atom. The molecule has 0 spiro atoms. The highest BCUT2D eigenvalue weighted by molar-refractivity contribution is 7.47. The molecule has 0 saturated carbocycles. The number of rotatable bonds is 2. The predicted octanol–water partition coefficient (Wildman–Crippen LogP) is 5.31. The second-order valence-corrected chi connectivity index (χ2v) is 13.7. The van der Waals surface area contributed by atoms with E-state index in [1.54, 1.807) is 0 Å². The highest BCUT2D eigenvalue weighted by atomic mass is 35.7. The predicted molar refractivity (Wildman–Crippen MR) is 73.0 cm³/mol. The van der Waals surface area contributed by atoms with E-state index in [0.717, 1.165) is 12.5 Å². The average Bonchev–Trinajstić information content (AvgIpc) is 1.97. The van der Waals surface area contributed by atoms with Crippen molar-refractivity contribution in [2.24, 2.45) is 10.8 Å². The van der Waals surface area contributed by atoms with Crippen LogP contribution in [0.4, 0.5) is 0 Å². The zero-order chi connectivity index (χ0) is 12.1. The summed E-state index contributed by atoms with van der Waals surface area (Å²) in [5.74, 6) is 0. The average molecular weight is 265 g/mol. The summed E-state index contributed by atoms with van der Waals surface area (Å²) >= 11 is 12.9. The van der Waals surface area contributed by atoms with Gasteiger partial charge in [0.05, 0.1) is 0 Å². The standard InChI is InChI=1S/C12H22Cl2Si/c1-9(2)12(6)8-15(13,14)10(12)7-11(3,4)5/h10H,1,7-8H2,2-6H3. The van der Waals surface area contributed by atoms with Crippen molar-refractivity contribution in [1.29, 1.82) is 0 Å². The lowest BCUT2D eigenvalue weighted by Gasteiger charge is -2.56. The maximum Gasteiger partial charge on any atom is 0.256 e. The van der Waals surface area contributed by atoms with E-state index in [1.165, 1.54) is 5.57 Å². The van der Waals surface area contributed by atoms with Gasteiger partial charge in [-0.3, -0.25) is 0 Å². The van der Waals surface area contributed by atoms with E-state index in [4.69, 9.17) is 22.2 Å². The molecule has 0 bridgehead atoms. The first-order valence-electron chi connectivity index (χ1n) is 5.53. The zero-order valence-electron chi connectivity index (χ0n) is 10.5. The first-order chi connectivity index (χ1) is 6.49. The molecule has 0 aromatic heterocycles. The summed E-state index contributed by atoms with van der Waals surface area (Å²) in [6, 6.07) is 0.971. The SMILES string of the molecule is C=C(C)C1(C)C[Si](Cl)(Cl)C1CC(C)(C)C. The van der Waals surface area contributed by atoms with Crippen molar-refractivity contribution in [1.82, 2.24) is 0 Å². The molecule has 1 fully saturated rings. The van der Waals surface area contributed by atoms with E-state index in [2.05, 4.69) is 41.2 Å². The van der Waals surface area contributed by atoms with Crippen molar-refractivity contribution in [3.8, 4) is 0 Å². The molecule has 1 saturated heterocycles. The molecule has 1 heterocycles. The highest BCUT2D eigenvalue weighted by Crippen LogP contribution is 2.67. The number of hydrogen-bond acceptors (Lipinski definition) is 0. The molecular formula is C12H22Cl2Si. The van der Waals surface area contributed by atoms with Gasteiger partial charge in [-0.05, 0) is 35.8 Å². The fraction of sp³-hybridized carbons (Fsp3) is 0.833. The summed E-state index contributed by atoms with van der Waals surface area (Å²) in [5, 5.41) is 0. The van der Waals surface area contributed by atoms with E-state index >= 15 is 0 Å². The Morgan fingerprint density at radius 1 is 1.47 bits per heavy atom. The van der Waals surface area contributed by atoms with Gasteiger partial charge in [0.2, 0.25) is 0 Å². The van der Waals surface area contributed by atoms with Gasteiger partial charge in [-0.1, -0.05) is 39.8 Å². The molecule has 2 unspecified atom stereocenters. The Kier molecular flexibility index (Phi) is 3.43. The highest BCUT2D eigenvalue weighted by Gasteiger charge is 2.62. The van der Waals surface area contributed by atoms with E-state index in [9.17, 15) is 0 Å². The third-order valence-corrected chi connectivity index (χ3v) is 9.12. The molecule has 2 atom stereocenters. The lowest BCUT2D eigenvalue weighted by Crippen LogP contribution is -2.54. The Labute approximate surface area is 104 Å². The molecule has 3 heteroatoms. The molecule has 88 valence electrons. The minimum Gasteiger partial charge on any atom is -0.145 e. The fourth-order valence-corrected chi connectivity index (χ4v) is 9.68. The van der Waals surface area contributed by atoms with E-state index in [0.29, 0.717) is 11.0 Å². The van der Waals surface area contributed by atoms with Crippen molar-refractivity contribution in [2.45, 2.75) is 52.6 Å². The first-order valence-corrected chi connectivity index (χ1v) is 9.84. The second-order valence-electron chi connectivity index (χ2n) is 6.45. The summed E-state index contributed by atoms with van der Waals surface area (Å²) in [4.78, 5) is 0. The monoisotopic (exact) mass is 264 g/mol. The number of hydrogen-bond donors (Lipinski definition) is 0. The van der Waals surface area contributed by atoms with Gasteiger partial charge in [-0.15, -0.1) is 22.2 Å². The Hall–Kier alpha value is 0.537. The van der Waals surface area contributed by atoms with Crippen LogP contribution < -0.4 is 0 Å². The quantitative estimate of drug-likeness (QED) is 0.360. The van der Waals surface area contributed by atoms with Crippen LogP contribution in [0.1, 0.15) is 41.0 Å². The second kappa shape index (κ2) is 3.78. The van der Waals surface area contributed by atoms with Gasteiger partial charge < -0.3 is 0 Å². The van der Waals surface area contributed by atoms with Gasteiger partial charge in [0, 0.05) is 0 Å². The van der Waals surface area contributed by atoms with Crippen molar-refractivity contribution in [3.63, 3.8) is 0 Å². The minimum atomic E-state index is -2.00. The van der Waals surface area contributed by atoms with Crippen LogP contribution in [0.5, 0.6) is 0 Å². The summed E-state index contributed by atoms with van der Waals surface area (Å²) in [7, 11) is 0. The summed E-state index contributed by atoms with van der Waals surface area (Å²) < 4.78 is 0. The molecule has 1 aliphatic rings. The van der Waals surface area contributed by atoms with Crippen LogP contribution in [-0.2, 0) is 0 Å². The van der Waals surface area contributed by atoms with Gasteiger partial charge in [0.15, 0.2) is 0 Å². The lowest BCUT2D eigenvalue weighted by atomic mass is 9.74. The van der Waals surface area contributed by atoms with Crippen molar-refractivity contribution in [2.75, 3.05) is 0 Å². The smallest absolute Gasteiger partial charge is 0.145 e. The first kappa shape index (κ1) is 13.6. The van der Waals surface area contributed by atoms with Crippen molar-refractivity contribution < 1.29 is 0 Å². The Balaban J connectivity index is 2.86. The van der Waals surface area contributed by atoms with Gasteiger partial charge in [0.25, 0.3) is 6.69 Å². The maximum absolute atomic E-state index is 6.47. The minimum absolute atomic E-state index is 0.184. The molecule has 0 N–H and O–H groups in total. The Bertz CT molecular complexity index is 278. The number of halogens is 2. The molecule has 1 aliphatic heterocycles. The lowest BCUT2D eigenvalue weighted by molar-refractivity contribution is 0.255. The van der Waals surface area contributed by atoms with E-state index < -0.39 is 6.69 Å². The van der Waals surface area contributed by atoms with Crippen LogP contribution in [0, 0.1) is 10.8 Å². The van der Waals surface area contributed by atoms with Crippen LogP contribution in [-0.4, -0.2) is 6.69 Å². The molecular weight excluding hydrogens is 243 g/mol. The van der Waals surface area contributed by atoms with Crippen molar-refractivity contribution >= 4 is 28.9 Å². The van der Waals surface area contributed by atoms with E-state index in [1.807, 2.05) is 0 Å². The van der Waals surface area contributed by atoms with E-state index in [-0.39, 0.29) is 5.41 Å². The van der Waals surface area contributed by atoms with Crippen LogP contribution in [0.3, 0.4) is 0 Å². The number of allylic oxidation sites excluding steroid dienone is 1. The topological polar surface area (TPSA) is 0 Å². The largest absolute Gasteiger partial charge is 0.256 e. The fourth-order valence-electron chi connectivity index (χ4n) is 2.51. The third kappa shape index (κ3) is 2.62. The van der Waals surface area contributed by atoms with Crippen molar-refractivity contribution in [3.05, 3.63) is 12.2 Å². The molecule has 1 rings (SSSR count). The zero-order valence-corrected chi connectivity index (χ0v) is 13.0. The molecule has 0 amide bonds. The summed E-state index contributed by atoms with van der Waals surface area (Å²) in [5.41, 5.74) is 2.18. The molecule has 15 heavy (non-hydrogen) atoms. The van der Waals surface area contributed by atoms with Gasteiger partial charge in [-0.2, -0.15) is 0 Å². The van der Waals surface area contributed by atoms with Crippen LogP contribution in [0.2, 0.25) is 11.6 Å². The molecule has 0 aromatic carbocycles. The summed E-state index contributed by atoms with van der Waals surface area (Å²) in [6.45, 7) is 13.2. The molecule has 0 aliphatic carbocycles. The third-order valence-electron chi connectivity index (χ3n) is 3.67. The molecule has 0 aromatic rings. The van der Waals surface area contributed by atoms with Gasteiger partial charge >= 0.3 is 0 Å². The maximum atomic E-state index is 6.47. The van der Waals surface area contributed by atoms with Gasteiger partial charge in [0.1, 0.15) is 0 Å². The Morgan fingerprint density at radius 3 is 2.20 bits per heavy atom. The molecule has 0 radical (unpaired) electrons. The van der Waals surface area contributed by atoms with Crippen LogP contribution >= 0.6 is 22.2 Å². The molecule has 0 nitrogen and oxygen atoms in total. The normalized spacial score (nSPS) is 34.7. The van der Waals surface area contributed by atoms with Crippen LogP contribution in [0.15, 0.2) is 12.2 Å². The van der Waals surface area contributed by atoms with Gasteiger partial charge in [-0.25, -0.2) is 0 Å². The summed E-state index contributed by atoms with van der Waals surface area (Å²) in [6.07, 6.45) is 1.11. The van der Waals surface area contributed by atoms with Crippen LogP contribution in [0.25, 0.3) is 0 Å².